The molecule has 22 heavy (non-hydrogen) atoms. The molecule has 122 valence electrons. The van der Waals surface area contributed by atoms with Crippen LogP contribution in [-0.2, 0) is 10.2 Å². The molecule has 1 aromatic rings. The molecule has 1 aromatic heterocycles. The molecule has 0 radical (unpaired) electrons. The van der Waals surface area contributed by atoms with Crippen LogP contribution in [0.1, 0.15) is 53.3 Å². The van der Waals surface area contributed by atoms with Gasteiger partial charge < -0.3 is 10.2 Å². The van der Waals surface area contributed by atoms with E-state index in [0.29, 0.717) is 0 Å². The number of amides is 1. The van der Waals surface area contributed by atoms with E-state index >= 15 is 0 Å². The van der Waals surface area contributed by atoms with E-state index in [4.69, 9.17) is 4.98 Å². The summed E-state index contributed by atoms with van der Waals surface area (Å²) in [5, 5.41) is 3.01. The minimum absolute atomic E-state index is 0.0501. The Hall–Kier alpha value is -1.65. The van der Waals surface area contributed by atoms with Gasteiger partial charge in [-0.1, -0.05) is 20.8 Å². The van der Waals surface area contributed by atoms with Crippen molar-refractivity contribution in [1.29, 1.82) is 0 Å². The third-order valence-electron chi connectivity index (χ3n) is 3.93. The van der Waals surface area contributed by atoms with E-state index in [1.165, 1.54) is 0 Å². The Kier molecular flexibility index (Phi) is 5.04. The second-order valence-electron chi connectivity index (χ2n) is 7.41. The van der Waals surface area contributed by atoms with Crippen LogP contribution in [0.3, 0.4) is 0 Å². The van der Waals surface area contributed by atoms with Crippen LogP contribution >= 0.6 is 0 Å². The first-order valence-electron chi connectivity index (χ1n) is 8.16. The molecular weight excluding hydrogens is 276 g/mol. The molecule has 0 atom stereocenters. The van der Waals surface area contributed by atoms with Gasteiger partial charge in [-0.05, 0) is 32.8 Å². The Labute approximate surface area is 133 Å². The van der Waals surface area contributed by atoms with E-state index in [-0.39, 0.29) is 23.3 Å². The molecule has 5 nitrogen and oxygen atoms in total. The molecule has 0 unspecified atom stereocenters. The van der Waals surface area contributed by atoms with Crippen LogP contribution in [0.15, 0.2) is 12.3 Å². The first kappa shape index (κ1) is 16.7. The molecular formula is C17H28N4O. The van der Waals surface area contributed by atoms with E-state index in [9.17, 15) is 4.79 Å². The van der Waals surface area contributed by atoms with Gasteiger partial charge in [-0.25, -0.2) is 9.97 Å². The smallest absolute Gasteiger partial charge is 0.223 e. The number of piperidine rings is 1. The van der Waals surface area contributed by atoms with Crippen molar-refractivity contribution < 1.29 is 4.79 Å². The van der Waals surface area contributed by atoms with Gasteiger partial charge in [-0.2, -0.15) is 0 Å². The third kappa shape index (κ3) is 4.18. The predicted molar refractivity (Wildman–Crippen MR) is 88.9 cm³/mol. The van der Waals surface area contributed by atoms with Gasteiger partial charge in [0.05, 0.1) is 0 Å². The van der Waals surface area contributed by atoms with Crippen molar-refractivity contribution in [3.05, 3.63) is 18.1 Å². The predicted octanol–water partition coefficient (Wildman–Crippen LogP) is 2.52. The number of aromatic nitrogens is 2. The van der Waals surface area contributed by atoms with Crippen molar-refractivity contribution in [3.8, 4) is 0 Å². The zero-order valence-corrected chi connectivity index (χ0v) is 14.4. The summed E-state index contributed by atoms with van der Waals surface area (Å²) < 4.78 is 0. The molecule has 1 aliphatic rings. The molecule has 1 N–H and O–H groups in total. The summed E-state index contributed by atoms with van der Waals surface area (Å²) in [6, 6.07) is 2.17. The minimum Gasteiger partial charge on any atom is -0.356 e. The average molecular weight is 304 g/mol. The van der Waals surface area contributed by atoms with Crippen LogP contribution in [0, 0.1) is 5.92 Å². The Bertz CT molecular complexity index is 514. The Morgan fingerprint density at radius 1 is 1.32 bits per heavy atom. The summed E-state index contributed by atoms with van der Waals surface area (Å²) in [5.74, 6) is 2.16. The number of nitrogens with zero attached hydrogens (tertiary/aromatic N) is 3. The molecule has 1 fully saturated rings. The maximum Gasteiger partial charge on any atom is 0.223 e. The number of carbonyl (C=O) groups excluding carboxylic acids is 1. The molecule has 0 bridgehead atoms. The number of hydrogen-bond donors (Lipinski definition) is 1. The SMILES string of the molecule is CC(C)NC(=O)C1CCN(c2ccnc(C(C)(C)C)n2)CC1. The van der Waals surface area contributed by atoms with Crippen molar-refractivity contribution in [2.45, 2.75) is 58.9 Å². The Morgan fingerprint density at radius 3 is 2.50 bits per heavy atom. The van der Waals surface area contributed by atoms with Gasteiger partial charge in [-0.15, -0.1) is 0 Å². The van der Waals surface area contributed by atoms with Crippen LogP contribution in [0.2, 0.25) is 0 Å². The van der Waals surface area contributed by atoms with E-state index in [2.05, 4.69) is 36.0 Å². The lowest BCUT2D eigenvalue weighted by Gasteiger charge is -2.33. The molecule has 1 saturated heterocycles. The standard InChI is InChI=1S/C17H28N4O/c1-12(2)19-15(22)13-7-10-21(11-8-13)14-6-9-18-16(20-14)17(3,4)5/h6,9,12-13H,7-8,10-11H2,1-5H3,(H,19,22). The molecule has 2 heterocycles. The fourth-order valence-corrected chi connectivity index (χ4v) is 2.66. The fraction of sp³-hybridized carbons (Fsp3) is 0.706. The highest BCUT2D eigenvalue weighted by atomic mass is 16.1. The largest absolute Gasteiger partial charge is 0.356 e. The van der Waals surface area contributed by atoms with Crippen LogP contribution in [-0.4, -0.2) is 35.0 Å². The lowest BCUT2D eigenvalue weighted by molar-refractivity contribution is -0.126. The molecule has 1 amide bonds. The van der Waals surface area contributed by atoms with Gasteiger partial charge in [0, 0.05) is 36.7 Å². The molecule has 0 aliphatic carbocycles. The number of hydrogen-bond acceptors (Lipinski definition) is 4. The van der Waals surface area contributed by atoms with Gasteiger partial charge in [0.25, 0.3) is 0 Å². The Morgan fingerprint density at radius 2 is 1.95 bits per heavy atom. The fourth-order valence-electron chi connectivity index (χ4n) is 2.66. The topological polar surface area (TPSA) is 58.1 Å². The van der Waals surface area contributed by atoms with Crippen LogP contribution in [0.5, 0.6) is 0 Å². The van der Waals surface area contributed by atoms with E-state index in [0.717, 1.165) is 37.6 Å². The molecule has 0 spiro atoms. The second-order valence-corrected chi connectivity index (χ2v) is 7.41. The van der Waals surface area contributed by atoms with Crippen LogP contribution in [0.25, 0.3) is 0 Å². The van der Waals surface area contributed by atoms with Crippen molar-refractivity contribution in [1.82, 2.24) is 15.3 Å². The highest BCUT2D eigenvalue weighted by Gasteiger charge is 2.26. The summed E-state index contributed by atoms with van der Waals surface area (Å²) in [6.45, 7) is 12.1. The van der Waals surface area contributed by atoms with Gasteiger partial charge in [0.15, 0.2) is 0 Å². The number of rotatable bonds is 3. The molecule has 1 aliphatic heterocycles. The summed E-state index contributed by atoms with van der Waals surface area (Å²) in [7, 11) is 0. The van der Waals surface area contributed by atoms with E-state index in [1.54, 1.807) is 0 Å². The molecule has 0 saturated carbocycles. The summed E-state index contributed by atoms with van der Waals surface area (Å²) in [4.78, 5) is 23.4. The van der Waals surface area contributed by atoms with Crippen LogP contribution in [0.4, 0.5) is 5.82 Å². The summed E-state index contributed by atoms with van der Waals surface area (Å²) >= 11 is 0. The van der Waals surface area contributed by atoms with Gasteiger partial charge in [0.1, 0.15) is 11.6 Å². The number of nitrogens with one attached hydrogen (secondary N) is 1. The lowest BCUT2D eigenvalue weighted by atomic mass is 9.95. The highest BCUT2D eigenvalue weighted by molar-refractivity contribution is 5.79. The summed E-state index contributed by atoms with van der Waals surface area (Å²) in [5.41, 5.74) is -0.0501. The highest BCUT2D eigenvalue weighted by Crippen LogP contribution is 2.24. The first-order chi connectivity index (χ1) is 10.3. The van der Waals surface area contributed by atoms with E-state index in [1.807, 2.05) is 26.1 Å². The van der Waals surface area contributed by atoms with Crippen LogP contribution < -0.4 is 10.2 Å². The van der Waals surface area contributed by atoms with Crippen molar-refractivity contribution in [2.24, 2.45) is 5.92 Å². The zero-order valence-electron chi connectivity index (χ0n) is 14.4. The minimum atomic E-state index is -0.0501. The monoisotopic (exact) mass is 304 g/mol. The number of anilines is 1. The maximum absolute atomic E-state index is 12.1. The van der Waals surface area contributed by atoms with Gasteiger partial charge >= 0.3 is 0 Å². The normalized spacial score (nSPS) is 16.9. The van der Waals surface area contributed by atoms with Gasteiger partial charge in [-0.3, -0.25) is 4.79 Å². The average Bonchev–Trinajstić information content (AvgIpc) is 2.46. The quantitative estimate of drug-likeness (QED) is 0.932. The van der Waals surface area contributed by atoms with Crippen molar-refractivity contribution >= 4 is 11.7 Å². The van der Waals surface area contributed by atoms with Crippen molar-refractivity contribution in [3.63, 3.8) is 0 Å². The van der Waals surface area contributed by atoms with E-state index < -0.39 is 0 Å². The molecule has 5 heteroatoms. The maximum atomic E-state index is 12.1. The zero-order chi connectivity index (χ0) is 16.3. The lowest BCUT2D eigenvalue weighted by Crippen LogP contribution is -2.42. The first-order valence-corrected chi connectivity index (χ1v) is 8.16. The van der Waals surface area contributed by atoms with Gasteiger partial charge in [0.2, 0.25) is 5.91 Å². The summed E-state index contributed by atoms with van der Waals surface area (Å²) in [6.07, 6.45) is 3.60. The third-order valence-corrected chi connectivity index (χ3v) is 3.93. The second kappa shape index (κ2) is 6.63. The number of carbonyl (C=O) groups is 1. The van der Waals surface area contributed by atoms with Crippen molar-refractivity contribution in [2.75, 3.05) is 18.0 Å². The molecule has 2 rings (SSSR count). The molecule has 0 aromatic carbocycles. The Balaban J connectivity index is 1.99.